The van der Waals surface area contributed by atoms with Crippen LogP contribution in [0.4, 0.5) is 0 Å². The van der Waals surface area contributed by atoms with Crippen LogP contribution < -0.4 is 5.32 Å². The van der Waals surface area contributed by atoms with Crippen LogP contribution in [0.25, 0.3) is 0 Å². The molecule has 2 atom stereocenters. The number of hydrogen-bond donors (Lipinski definition) is 2. The van der Waals surface area contributed by atoms with Crippen molar-refractivity contribution >= 4 is 5.91 Å². The smallest absolute Gasteiger partial charge is 0.273 e. The van der Waals surface area contributed by atoms with Gasteiger partial charge in [0.1, 0.15) is 5.76 Å². The van der Waals surface area contributed by atoms with E-state index in [-0.39, 0.29) is 18.1 Å². The number of aliphatic hydroxyl groups is 1. The highest BCUT2D eigenvalue weighted by Crippen LogP contribution is 2.40. The molecular weight excluding hydrogens is 306 g/mol. The summed E-state index contributed by atoms with van der Waals surface area (Å²) in [6, 6.07) is 2.29. The van der Waals surface area contributed by atoms with E-state index in [1.165, 1.54) is 6.42 Å². The van der Waals surface area contributed by atoms with Gasteiger partial charge in [0.05, 0.1) is 6.10 Å². The molecule has 0 bridgehead atoms. The Balaban J connectivity index is 1.27. The molecular formula is C18H27N3O3. The van der Waals surface area contributed by atoms with E-state index in [0.717, 1.165) is 63.8 Å². The van der Waals surface area contributed by atoms with Crippen LogP contribution in [0.15, 0.2) is 10.6 Å². The monoisotopic (exact) mass is 333 g/mol. The van der Waals surface area contributed by atoms with Gasteiger partial charge in [-0.05, 0) is 38.5 Å². The molecule has 3 fully saturated rings. The molecule has 0 radical (unpaired) electrons. The number of nitrogens with zero attached hydrogens (tertiary/aromatic N) is 2. The van der Waals surface area contributed by atoms with E-state index in [1.807, 2.05) is 0 Å². The highest BCUT2D eigenvalue weighted by Gasteiger charge is 2.32. The zero-order chi connectivity index (χ0) is 16.5. The first-order chi connectivity index (χ1) is 11.7. The Bertz CT molecular complexity index is 576. The first kappa shape index (κ1) is 16.1. The Kier molecular flexibility index (Phi) is 4.59. The Labute approximate surface area is 142 Å². The van der Waals surface area contributed by atoms with Gasteiger partial charge in [-0.25, -0.2) is 0 Å². The fraction of sp³-hybridized carbons (Fsp3) is 0.778. The van der Waals surface area contributed by atoms with Crippen LogP contribution >= 0.6 is 0 Å². The molecule has 24 heavy (non-hydrogen) atoms. The summed E-state index contributed by atoms with van der Waals surface area (Å²) >= 11 is 0. The van der Waals surface area contributed by atoms with E-state index in [1.54, 1.807) is 6.07 Å². The Morgan fingerprint density at radius 3 is 2.62 bits per heavy atom. The second kappa shape index (κ2) is 6.84. The molecule has 2 saturated carbocycles. The summed E-state index contributed by atoms with van der Waals surface area (Å²) in [6.45, 7) is 1.89. The lowest BCUT2D eigenvalue weighted by Gasteiger charge is -2.41. The molecule has 2 N–H and O–H groups in total. The van der Waals surface area contributed by atoms with Gasteiger partial charge in [-0.15, -0.1) is 0 Å². The summed E-state index contributed by atoms with van der Waals surface area (Å²) in [5.41, 5.74) is 0.405. The van der Waals surface area contributed by atoms with E-state index in [4.69, 9.17) is 4.52 Å². The molecule has 132 valence electrons. The van der Waals surface area contributed by atoms with Gasteiger partial charge in [0, 0.05) is 37.2 Å². The lowest BCUT2D eigenvalue weighted by molar-refractivity contribution is 0.00725. The number of hydrogen-bond acceptors (Lipinski definition) is 5. The van der Waals surface area contributed by atoms with Crippen LogP contribution in [0.2, 0.25) is 0 Å². The average Bonchev–Trinajstić information content (AvgIpc) is 3.33. The van der Waals surface area contributed by atoms with E-state index >= 15 is 0 Å². The number of rotatable bonds is 4. The van der Waals surface area contributed by atoms with Gasteiger partial charge in [-0.2, -0.15) is 0 Å². The van der Waals surface area contributed by atoms with E-state index in [0.29, 0.717) is 17.7 Å². The predicted octanol–water partition coefficient (Wildman–Crippen LogP) is 2.05. The quantitative estimate of drug-likeness (QED) is 0.882. The Hall–Kier alpha value is -1.40. The van der Waals surface area contributed by atoms with Crippen molar-refractivity contribution in [2.24, 2.45) is 0 Å². The number of piperidine rings is 1. The van der Waals surface area contributed by atoms with Crippen LogP contribution in [-0.2, 0) is 0 Å². The van der Waals surface area contributed by atoms with Crippen molar-refractivity contribution in [2.45, 2.75) is 75.5 Å². The minimum absolute atomic E-state index is 0.123. The van der Waals surface area contributed by atoms with Gasteiger partial charge in [0.25, 0.3) is 5.91 Å². The van der Waals surface area contributed by atoms with Gasteiger partial charge in [0.15, 0.2) is 5.69 Å². The topological polar surface area (TPSA) is 78.6 Å². The van der Waals surface area contributed by atoms with Crippen molar-refractivity contribution in [3.05, 3.63) is 17.5 Å². The third-order valence-electron chi connectivity index (χ3n) is 5.77. The fourth-order valence-electron chi connectivity index (χ4n) is 4.11. The Morgan fingerprint density at radius 2 is 1.92 bits per heavy atom. The normalized spacial score (nSPS) is 29.5. The molecule has 0 unspecified atom stereocenters. The number of aliphatic hydroxyl groups excluding tert-OH is 1. The van der Waals surface area contributed by atoms with Gasteiger partial charge < -0.3 is 14.9 Å². The zero-order valence-corrected chi connectivity index (χ0v) is 14.1. The molecule has 6 heteroatoms. The second-order valence-electron chi connectivity index (χ2n) is 7.59. The highest BCUT2D eigenvalue weighted by atomic mass is 16.5. The number of nitrogens with one attached hydrogen (secondary N) is 1. The summed E-state index contributed by atoms with van der Waals surface area (Å²) in [6.07, 6.45) is 8.35. The van der Waals surface area contributed by atoms with Gasteiger partial charge in [-0.1, -0.05) is 18.0 Å². The first-order valence-corrected chi connectivity index (χ1v) is 9.40. The molecule has 1 amide bonds. The van der Waals surface area contributed by atoms with Crippen molar-refractivity contribution in [1.29, 1.82) is 0 Å². The number of amides is 1. The minimum Gasteiger partial charge on any atom is -0.391 e. The number of aromatic nitrogens is 1. The predicted molar refractivity (Wildman–Crippen MR) is 88.8 cm³/mol. The maximum Gasteiger partial charge on any atom is 0.273 e. The van der Waals surface area contributed by atoms with Crippen LogP contribution in [0, 0.1) is 0 Å². The molecule has 3 aliphatic rings. The largest absolute Gasteiger partial charge is 0.391 e. The van der Waals surface area contributed by atoms with E-state index in [2.05, 4.69) is 15.4 Å². The number of carbonyl (C=O) groups is 1. The lowest BCUT2D eigenvalue weighted by atomic mass is 9.89. The molecule has 4 rings (SSSR count). The molecule has 1 aliphatic heterocycles. The Morgan fingerprint density at radius 1 is 1.17 bits per heavy atom. The third-order valence-corrected chi connectivity index (χ3v) is 5.77. The molecule has 2 heterocycles. The molecule has 1 aromatic heterocycles. The summed E-state index contributed by atoms with van der Waals surface area (Å²) in [5, 5.41) is 17.2. The van der Waals surface area contributed by atoms with Gasteiger partial charge in [0.2, 0.25) is 0 Å². The number of likely N-dealkylation sites (tertiary alicyclic amines) is 1. The highest BCUT2D eigenvalue weighted by molar-refractivity contribution is 5.92. The molecule has 0 aromatic carbocycles. The number of carbonyl (C=O) groups excluding carboxylic acids is 1. The lowest BCUT2D eigenvalue weighted by Crippen LogP contribution is -2.52. The summed E-state index contributed by atoms with van der Waals surface area (Å²) in [4.78, 5) is 14.7. The SMILES string of the molecule is O=C(NC1CCN([C@@H]2CCCC[C@H]2O)CC1)c1cc(C2CC2)on1. The average molecular weight is 333 g/mol. The fourth-order valence-corrected chi connectivity index (χ4v) is 4.11. The molecule has 6 nitrogen and oxygen atoms in total. The van der Waals surface area contributed by atoms with Crippen molar-refractivity contribution in [3.63, 3.8) is 0 Å². The summed E-state index contributed by atoms with van der Waals surface area (Å²) in [5.74, 6) is 1.20. The van der Waals surface area contributed by atoms with Crippen molar-refractivity contribution in [3.8, 4) is 0 Å². The summed E-state index contributed by atoms with van der Waals surface area (Å²) < 4.78 is 5.26. The maximum absolute atomic E-state index is 12.3. The van der Waals surface area contributed by atoms with Crippen LogP contribution in [0.5, 0.6) is 0 Å². The maximum atomic E-state index is 12.3. The van der Waals surface area contributed by atoms with Crippen LogP contribution in [0.3, 0.4) is 0 Å². The molecule has 1 saturated heterocycles. The molecule has 2 aliphatic carbocycles. The molecule has 1 aromatic rings. The van der Waals surface area contributed by atoms with E-state index < -0.39 is 0 Å². The van der Waals surface area contributed by atoms with Crippen LogP contribution in [0.1, 0.15) is 73.5 Å². The van der Waals surface area contributed by atoms with E-state index in [9.17, 15) is 9.90 Å². The zero-order valence-electron chi connectivity index (χ0n) is 14.1. The first-order valence-electron chi connectivity index (χ1n) is 9.40. The standard InChI is InChI=1S/C18H27N3O3/c22-16-4-2-1-3-15(16)21-9-7-13(8-10-21)19-18(23)14-11-17(24-20-14)12-5-6-12/h11-13,15-16,22H,1-10H2,(H,19,23)/t15-,16-/m1/s1. The van der Waals surface area contributed by atoms with Crippen molar-refractivity contribution in [1.82, 2.24) is 15.4 Å². The van der Waals surface area contributed by atoms with Crippen molar-refractivity contribution in [2.75, 3.05) is 13.1 Å². The summed E-state index contributed by atoms with van der Waals surface area (Å²) in [7, 11) is 0. The molecule has 0 spiro atoms. The minimum atomic E-state index is -0.180. The van der Waals surface area contributed by atoms with Crippen LogP contribution in [-0.4, -0.2) is 52.3 Å². The van der Waals surface area contributed by atoms with Gasteiger partial charge >= 0.3 is 0 Å². The second-order valence-corrected chi connectivity index (χ2v) is 7.59. The third kappa shape index (κ3) is 3.49. The van der Waals surface area contributed by atoms with Gasteiger partial charge in [-0.3, -0.25) is 9.69 Å². The van der Waals surface area contributed by atoms with Crippen molar-refractivity contribution < 1.29 is 14.4 Å².